The van der Waals surface area contributed by atoms with Gasteiger partial charge in [0.2, 0.25) is 0 Å². The van der Waals surface area contributed by atoms with Gasteiger partial charge in [0.1, 0.15) is 12.2 Å². The van der Waals surface area contributed by atoms with Crippen LogP contribution in [-0.4, -0.2) is 35.4 Å². The van der Waals surface area contributed by atoms with Crippen LogP contribution in [0, 0.1) is 40.4 Å². The third kappa shape index (κ3) is 3.83. The lowest BCUT2D eigenvalue weighted by molar-refractivity contribution is -0.167. The number of carbonyl (C=O) groups is 2. The second kappa shape index (κ2) is 8.75. The van der Waals surface area contributed by atoms with E-state index in [0.29, 0.717) is 42.4 Å². The van der Waals surface area contributed by atoms with Gasteiger partial charge in [0.05, 0.1) is 6.10 Å². The van der Waals surface area contributed by atoms with Gasteiger partial charge in [-0.2, -0.15) is 0 Å². The number of rotatable bonds is 3. The van der Waals surface area contributed by atoms with Gasteiger partial charge in [0.25, 0.3) is 0 Å². The lowest BCUT2D eigenvalue weighted by Crippen LogP contribution is -2.56. The predicted octanol–water partition coefficient (Wildman–Crippen LogP) is 5.76. The summed E-state index contributed by atoms with van der Waals surface area (Å²) < 4.78 is 11.8. The molecule has 3 saturated carbocycles. The third-order valence-electron chi connectivity index (χ3n) is 11.5. The minimum atomic E-state index is -0.430. The molecule has 0 aromatic heterocycles. The first-order valence-electron chi connectivity index (χ1n) is 13.9. The number of carbonyl (C=O) groups excluding carboxylic acids is 2. The van der Waals surface area contributed by atoms with Gasteiger partial charge in [-0.3, -0.25) is 4.79 Å². The summed E-state index contributed by atoms with van der Waals surface area (Å²) in [4.78, 5) is 24.4. The van der Waals surface area contributed by atoms with E-state index in [0.717, 1.165) is 24.8 Å². The lowest BCUT2D eigenvalue weighted by Gasteiger charge is -2.60. The molecule has 0 radical (unpaired) electrons. The molecular formula is C30H44O5. The highest BCUT2D eigenvalue weighted by Gasteiger charge is 2.62. The Morgan fingerprint density at radius 1 is 1.17 bits per heavy atom. The standard InChI is InChI=1S/C30H44O5/c1-16-13-26(35-28(33)17(16)2)18(3)23-9-10-24-22-8-7-20-14-21(32)15-27(34-19(4)31)30(20,6)25(22)11-12-29(23,24)5/h7,18,21-27,32H,8-15H2,1-6H3/t18-,21+,22-,23+,24-,25-,26+,27-,29+,30-/m0/s1. The maximum absolute atomic E-state index is 12.4. The molecule has 1 aliphatic heterocycles. The van der Waals surface area contributed by atoms with Crippen LogP contribution in [-0.2, 0) is 19.1 Å². The molecule has 194 valence electrons. The van der Waals surface area contributed by atoms with Crippen LogP contribution in [0.5, 0.6) is 0 Å². The third-order valence-corrected chi connectivity index (χ3v) is 11.5. The number of fused-ring (bicyclic) bond motifs is 5. The van der Waals surface area contributed by atoms with Crippen LogP contribution < -0.4 is 0 Å². The van der Waals surface area contributed by atoms with Crippen molar-refractivity contribution < 1.29 is 24.2 Å². The highest BCUT2D eigenvalue weighted by molar-refractivity contribution is 5.89. The fraction of sp³-hybridized carbons (Fsp3) is 0.800. The van der Waals surface area contributed by atoms with Crippen molar-refractivity contribution in [3.8, 4) is 0 Å². The van der Waals surface area contributed by atoms with Crippen molar-refractivity contribution in [1.82, 2.24) is 0 Å². The van der Waals surface area contributed by atoms with Crippen molar-refractivity contribution >= 4 is 11.9 Å². The van der Waals surface area contributed by atoms with Crippen molar-refractivity contribution in [2.75, 3.05) is 0 Å². The van der Waals surface area contributed by atoms with E-state index in [1.807, 2.05) is 6.92 Å². The molecule has 0 aromatic rings. The molecule has 5 nitrogen and oxygen atoms in total. The summed E-state index contributed by atoms with van der Waals surface area (Å²) in [6, 6.07) is 0. The first-order valence-corrected chi connectivity index (χ1v) is 13.9. The van der Waals surface area contributed by atoms with Gasteiger partial charge in [-0.1, -0.05) is 38.0 Å². The molecule has 1 N–H and O–H groups in total. The number of esters is 2. The number of hydrogen-bond acceptors (Lipinski definition) is 5. The first-order chi connectivity index (χ1) is 16.5. The first kappa shape index (κ1) is 25.0. The van der Waals surface area contributed by atoms with Crippen LogP contribution in [0.25, 0.3) is 0 Å². The summed E-state index contributed by atoms with van der Waals surface area (Å²) >= 11 is 0. The Labute approximate surface area is 210 Å². The van der Waals surface area contributed by atoms with Gasteiger partial charge in [-0.15, -0.1) is 0 Å². The SMILES string of the molecule is CC(=O)O[C@H]1C[C@H](O)CC2=CC[C@H]3[C@@H]4CC[C@H]([C@H](C)[C@H]5CC(C)=C(C)C(=O)O5)[C@@]4(C)CC[C@@H]3[C@]21C. The summed E-state index contributed by atoms with van der Waals surface area (Å²) in [5.74, 6) is 2.20. The van der Waals surface area contributed by atoms with E-state index in [2.05, 4.69) is 33.8 Å². The maximum atomic E-state index is 12.4. The molecule has 4 aliphatic carbocycles. The van der Waals surface area contributed by atoms with Crippen molar-refractivity contribution in [2.24, 2.45) is 40.4 Å². The summed E-state index contributed by atoms with van der Waals surface area (Å²) in [6.45, 7) is 12.6. The zero-order chi connectivity index (χ0) is 25.3. The van der Waals surface area contributed by atoms with E-state index >= 15 is 0 Å². The molecule has 0 amide bonds. The molecule has 0 aromatic carbocycles. The van der Waals surface area contributed by atoms with E-state index < -0.39 is 6.10 Å². The highest BCUT2D eigenvalue weighted by atomic mass is 16.5. The second-order valence-corrected chi connectivity index (χ2v) is 13.0. The Morgan fingerprint density at radius 2 is 1.91 bits per heavy atom. The number of cyclic esters (lactones) is 1. The molecule has 0 unspecified atom stereocenters. The van der Waals surface area contributed by atoms with Gasteiger partial charge < -0.3 is 14.6 Å². The Morgan fingerprint density at radius 3 is 2.60 bits per heavy atom. The normalized spacial score (nSPS) is 46.1. The van der Waals surface area contributed by atoms with Gasteiger partial charge in [0, 0.05) is 30.8 Å². The minimum Gasteiger partial charge on any atom is -0.462 e. The molecule has 5 heteroatoms. The average molecular weight is 485 g/mol. The summed E-state index contributed by atoms with van der Waals surface area (Å²) in [5, 5.41) is 10.5. The van der Waals surface area contributed by atoms with Crippen LogP contribution in [0.4, 0.5) is 0 Å². The summed E-state index contributed by atoms with van der Waals surface area (Å²) in [5.41, 5.74) is 3.32. The van der Waals surface area contributed by atoms with Crippen LogP contribution in [0.2, 0.25) is 0 Å². The van der Waals surface area contributed by atoms with E-state index in [1.165, 1.54) is 37.3 Å². The molecular weight excluding hydrogens is 440 g/mol. The molecule has 0 bridgehead atoms. The monoisotopic (exact) mass is 484 g/mol. The fourth-order valence-electron chi connectivity index (χ4n) is 9.40. The van der Waals surface area contributed by atoms with Gasteiger partial charge >= 0.3 is 11.9 Å². The van der Waals surface area contributed by atoms with E-state index in [1.54, 1.807) is 0 Å². The van der Waals surface area contributed by atoms with Crippen LogP contribution in [0.15, 0.2) is 22.8 Å². The molecule has 0 spiro atoms. The Hall–Kier alpha value is -1.62. The number of aliphatic hydroxyl groups excluding tert-OH is 1. The molecule has 10 atom stereocenters. The number of hydrogen-bond donors (Lipinski definition) is 1. The molecule has 35 heavy (non-hydrogen) atoms. The van der Waals surface area contributed by atoms with E-state index in [9.17, 15) is 14.7 Å². The Bertz CT molecular complexity index is 964. The summed E-state index contributed by atoms with van der Waals surface area (Å²) in [6.07, 6.45) is 9.58. The quantitative estimate of drug-likeness (QED) is 0.407. The summed E-state index contributed by atoms with van der Waals surface area (Å²) in [7, 11) is 0. The predicted molar refractivity (Wildman–Crippen MR) is 134 cm³/mol. The number of allylic oxidation sites excluding steroid dienone is 1. The lowest BCUT2D eigenvalue weighted by atomic mass is 9.46. The van der Waals surface area contributed by atoms with Crippen LogP contribution in [0.1, 0.15) is 92.9 Å². The van der Waals surface area contributed by atoms with E-state index in [4.69, 9.17) is 9.47 Å². The van der Waals surface area contributed by atoms with Crippen molar-refractivity contribution in [1.29, 1.82) is 0 Å². The van der Waals surface area contributed by atoms with Crippen molar-refractivity contribution in [2.45, 2.75) is 111 Å². The van der Waals surface area contributed by atoms with Crippen LogP contribution >= 0.6 is 0 Å². The topological polar surface area (TPSA) is 72.8 Å². The minimum absolute atomic E-state index is 0.0203. The van der Waals surface area contributed by atoms with Crippen molar-refractivity contribution in [3.63, 3.8) is 0 Å². The van der Waals surface area contributed by atoms with Crippen LogP contribution in [0.3, 0.4) is 0 Å². The van der Waals surface area contributed by atoms with Gasteiger partial charge in [-0.25, -0.2) is 4.79 Å². The molecule has 3 fully saturated rings. The zero-order valence-electron chi connectivity index (χ0n) is 22.4. The average Bonchev–Trinajstić information content (AvgIpc) is 3.14. The van der Waals surface area contributed by atoms with E-state index in [-0.39, 0.29) is 35.0 Å². The Kier molecular flexibility index (Phi) is 6.26. The fourth-order valence-corrected chi connectivity index (χ4v) is 9.40. The molecule has 1 heterocycles. The van der Waals surface area contributed by atoms with Crippen molar-refractivity contribution in [3.05, 3.63) is 22.8 Å². The molecule has 5 aliphatic rings. The smallest absolute Gasteiger partial charge is 0.333 e. The maximum Gasteiger partial charge on any atom is 0.333 e. The van der Waals surface area contributed by atoms with Gasteiger partial charge in [0.15, 0.2) is 0 Å². The Balaban J connectivity index is 1.40. The number of aliphatic hydroxyl groups is 1. The largest absolute Gasteiger partial charge is 0.462 e. The zero-order valence-corrected chi connectivity index (χ0v) is 22.4. The molecule has 0 saturated heterocycles. The van der Waals surface area contributed by atoms with Gasteiger partial charge in [-0.05, 0) is 87.4 Å². The second-order valence-electron chi connectivity index (χ2n) is 13.0. The highest BCUT2D eigenvalue weighted by Crippen LogP contribution is 2.67. The number of ether oxygens (including phenoxy) is 2. The molecule has 5 rings (SSSR count).